The monoisotopic (exact) mass is 265 g/mol. The van der Waals surface area contributed by atoms with Gasteiger partial charge in [-0.15, -0.1) is 0 Å². The Hall–Kier alpha value is -2.38. The maximum absolute atomic E-state index is 11.5. The number of aromatic nitrogens is 2. The second-order valence-corrected chi connectivity index (χ2v) is 4.54. The van der Waals surface area contributed by atoms with Crippen molar-refractivity contribution in [2.45, 2.75) is 19.0 Å². The molecule has 1 fully saturated rings. The number of rotatable bonds is 3. The third-order valence-electron chi connectivity index (χ3n) is 3.42. The molecular weight excluding hydrogens is 250 g/mol. The highest BCUT2D eigenvalue weighted by atomic mass is 16.4. The van der Waals surface area contributed by atoms with Crippen LogP contribution in [0.4, 0.5) is 10.6 Å². The molecule has 0 radical (unpaired) electrons. The van der Waals surface area contributed by atoms with Crippen LogP contribution >= 0.6 is 0 Å². The quantitative estimate of drug-likeness (QED) is 0.712. The van der Waals surface area contributed by atoms with Crippen molar-refractivity contribution in [3.8, 4) is 0 Å². The molecule has 2 atom stereocenters. The van der Waals surface area contributed by atoms with Gasteiger partial charge in [-0.2, -0.15) is 0 Å². The van der Waals surface area contributed by atoms with Crippen molar-refractivity contribution in [3.05, 3.63) is 18.6 Å². The Morgan fingerprint density at radius 3 is 2.89 bits per heavy atom. The number of amides is 2. The van der Waals surface area contributed by atoms with E-state index >= 15 is 0 Å². The molecule has 102 valence electrons. The van der Waals surface area contributed by atoms with Gasteiger partial charge >= 0.3 is 6.09 Å². The molecule has 4 N–H and O–H groups in total. The lowest BCUT2D eigenvalue weighted by molar-refractivity contribution is -0.123. The van der Waals surface area contributed by atoms with Gasteiger partial charge in [-0.05, 0) is 19.4 Å². The van der Waals surface area contributed by atoms with E-state index in [9.17, 15) is 14.7 Å². The van der Waals surface area contributed by atoms with Crippen molar-refractivity contribution >= 4 is 17.8 Å². The molecule has 0 spiro atoms. The van der Waals surface area contributed by atoms with Gasteiger partial charge in [0.2, 0.25) is 5.91 Å². The maximum Gasteiger partial charge on any atom is 0.409 e. The van der Waals surface area contributed by atoms with E-state index in [2.05, 4.69) is 15.3 Å². The summed E-state index contributed by atoms with van der Waals surface area (Å²) in [6.45, 7) is 1.88. The highest BCUT2D eigenvalue weighted by Gasteiger charge is 2.50. The zero-order chi connectivity index (χ0) is 14.0. The normalized spacial score (nSPS) is 26.2. The summed E-state index contributed by atoms with van der Waals surface area (Å²) < 4.78 is 0. The molecule has 0 bridgehead atoms. The van der Waals surface area contributed by atoms with Crippen LogP contribution in [0.1, 0.15) is 13.3 Å². The second kappa shape index (κ2) is 4.71. The van der Waals surface area contributed by atoms with Crippen LogP contribution in [-0.4, -0.2) is 44.2 Å². The number of nitrogens with two attached hydrogens (primary N) is 1. The Labute approximate surface area is 109 Å². The van der Waals surface area contributed by atoms with Crippen LogP contribution in [0.2, 0.25) is 0 Å². The Kier molecular flexibility index (Phi) is 3.24. The molecule has 0 aromatic carbocycles. The van der Waals surface area contributed by atoms with Crippen LogP contribution < -0.4 is 11.1 Å². The van der Waals surface area contributed by atoms with E-state index in [4.69, 9.17) is 5.73 Å². The van der Waals surface area contributed by atoms with Crippen molar-refractivity contribution in [2.75, 3.05) is 11.9 Å². The van der Waals surface area contributed by atoms with E-state index in [1.165, 1.54) is 17.4 Å². The zero-order valence-electron chi connectivity index (χ0n) is 10.4. The maximum atomic E-state index is 11.5. The number of likely N-dealkylation sites (tertiary alicyclic amines) is 1. The third kappa shape index (κ3) is 2.28. The van der Waals surface area contributed by atoms with E-state index in [1.807, 2.05) is 0 Å². The van der Waals surface area contributed by atoms with E-state index in [1.54, 1.807) is 13.0 Å². The first-order valence-electron chi connectivity index (χ1n) is 5.79. The largest absolute Gasteiger partial charge is 0.465 e. The SMILES string of the molecule is CC1(Nc2ccncn2)C(C(N)=O)CCN1C(=O)O. The number of hydrogen-bond acceptors (Lipinski definition) is 5. The first-order valence-corrected chi connectivity index (χ1v) is 5.79. The molecule has 2 amide bonds. The van der Waals surface area contributed by atoms with E-state index in [0.717, 1.165) is 0 Å². The molecule has 2 rings (SSSR count). The fraction of sp³-hybridized carbons (Fsp3) is 0.455. The molecule has 1 aromatic rings. The van der Waals surface area contributed by atoms with Crippen LogP contribution in [0.3, 0.4) is 0 Å². The molecule has 2 unspecified atom stereocenters. The minimum Gasteiger partial charge on any atom is -0.465 e. The van der Waals surface area contributed by atoms with Gasteiger partial charge in [0.05, 0.1) is 5.92 Å². The van der Waals surface area contributed by atoms with Gasteiger partial charge in [-0.3, -0.25) is 9.69 Å². The third-order valence-corrected chi connectivity index (χ3v) is 3.42. The summed E-state index contributed by atoms with van der Waals surface area (Å²) in [6, 6.07) is 1.60. The van der Waals surface area contributed by atoms with E-state index in [-0.39, 0.29) is 6.54 Å². The van der Waals surface area contributed by atoms with Crippen LogP contribution in [0.25, 0.3) is 0 Å². The van der Waals surface area contributed by atoms with Crippen LogP contribution in [-0.2, 0) is 4.79 Å². The minimum atomic E-state index is -1.11. The molecule has 1 aromatic heterocycles. The molecule has 1 saturated heterocycles. The molecule has 8 nitrogen and oxygen atoms in total. The molecule has 0 aliphatic carbocycles. The highest BCUT2D eigenvalue weighted by Crippen LogP contribution is 2.35. The Morgan fingerprint density at radius 1 is 1.63 bits per heavy atom. The molecule has 2 heterocycles. The average Bonchev–Trinajstić information content (AvgIpc) is 2.67. The summed E-state index contributed by atoms with van der Waals surface area (Å²) in [4.78, 5) is 31.7. The molecule has 0 saturated carbocycles. The standard InChI is InChI=1S/C11H15N5O3/c1-11(15-8-2-4-13-6-14-8)7(9(12)17)3-5-16(11)10(18)19/h2,4,6-7H,3,5H2,1H3,(H2,12,17)(H,18,19)(H,13,14,15). The smallest absolute Gasteiger partial charge is 0.409 e. The number of nitrogens with one attached hydrogen (secondary N) is 1. The summed E-state index contributed by atoms with van der Waals surface area (Å²) in [5, 5.41) is 12.2. The Morgan fingerprint density at radius 2 is 2.37 bits per heavy atom. The number of nitrogens with zero attached hydrogens (tertiary/aromatic N) is 3. The van der Waals surface area contributed by atoms with Gasteiger partial charge in [-0.1, -0.05) is 0 Å². The van der Waals surface area contributed by atoms with Crippen LogP contribution in [0.15, 0.2) is 18.6 Å². The predicted octanol–water partition coefficient (Wildman–Crippen LogP) is 0.0899. The average molecular weight is 265 g/mol. The number of carbonyl (C=O) groups is 2. The van der Waals surface area contributed by atoms with Gasteiger partial charge in [0, 0.05) is 12.7 Å². The van der Waals surface area contributed by atoms with Gasteiger partial charge < -0.3 is 16.2 Å². The fourth-order valence-corrected chi connectivity index (χ4v) is 2.45. The topological polar surface area (TPSA) is 121 Å². The highest BCUT2D eigenvalue weighted by molar-refractivity contribution is 5.81. The van der Waals surface area contributed by atoms with Crippen molar-refractivity contribution in [1.82, 2.24) is 14.9 Å². The van der Waals surface area contributed by atoms with Gasteiger partial charge in [-0.25, -0.2) is 14.8 Å². The van der Waals surface area contributed by atoms with Gasteiger partial charge in [0.25, 0.3) is 0 Å². The molecule has 1 aliphatic rings. The van der Waals surface area contributed by atoms with Crippen molar-refractivity contribution in [3.63, 3.8) is 0 Å². The number of carbonyl (C=O) groups excluding carboxylic acids is 1. The molecule has 1 aliphatic heterocycles. The summed E-state index contributed by atoms with van der Waals surface area (Å²) in [7, 11) is 0. The van der Waals surface area contributed by atoms with Crippen molar-refractivity contribution in [2.24, 2.45) is 11.7 Å². The molecule has 19 heavy (non-hydrogen) atoms. The first kappa shape index (κ1) is 13.1. The van der Waals surface area contributed by atoms with Crippen molar-refractivity contribution in [1.29, 1.82) is 0 Å². The van der Waals surface area contributed by atoms with Crippen LogP contribution in [0, 0.1) is 5.92 Å². The molecular formula is C11H15N5O3. The van der Waals surface area contributed by atoms with Gasteiger partial charge in [0.1, 0.15) is 17.8 Å². The Bertz CT molecular complexity index is 470. The minimum absolute atomic E-state index is 0.248. The van der Waals surface area contributed by atoms with Crippen LogP contribution in [0.5, 0.6) is 0 Å². The number of carboxylic acid groups (broad SMARTS) is 1. The van der Waals surface area contributed by atoms with Gasteiger partial charge in [0.15, 0.2) is 0 Å². The number of hydrogen-bond donors (Lipinski definition) is 3. The lowest BCUT2D eigenvalue weighted by Crippen LogP contribution is -2.56. The lowest BCUT2D eigenvalue weighted by atomic mass is 9.94. The summed E-state index contributed by atoms with van der Waals surface area (Å²) >= 11 is 0. The number of anilines is 1. The van der Waals surface area contributed by atoms with Crippen molar-refractivity contribution < 1.29 is 14.7 Å². The van der Waals surface area contributed by atoms with E-state index < -0.39 is 23.6 Å². The molecule has 8 heteroatoms. The number of primary amides is 1. The second-order valence-electron chi connectivity index (χ2n) is 4.54. The summed E-state index contributed by atoms with van der Waals surface area (Å²) in [6.07, 6.45) is 2.15. The summed E-state index contributed by atoms with van der Waals surface area (Å²) in [5.41, 5.74) is 4.25. The predicted molar refractivity (Wildman–Crippen MR) is 66.1 cm³/mol. The van der Waals surface area contributed by atoms with E-state index in [0.29, 0.717) is 12.2 Å². The summed E-state index contributed by atoms with van der Waals surface area (Å²) in [5.74, 6) is -0.705. The fourth-order valence-electron chi connectivity index (χ4n) is 2.45. The lowest BCUT2D eigenvalue weighted by Gasteiger charge is -2.37. The zero-order valence-corrected chi connectivity index (χ0v) is 10.4. The Balaban J connectivity index is 2.33. The first-order chi connectivity index (χ1) is 8.95.